The minimum Gasteiger partial charge on any atom is -0.481 e. The summed E-state index contributed by atoms with van der Waals surface area (Å²) in [5.74, 6) is -0.409. The third kappa shape index (κ3) is 5.10. The summed E-state index contributed by atoms with van der Waals surface area (Å²) in [5.41, 5.74) is 1.90. The molecule has 0 saturated carbocycles. The number of benzene rings is 2. The van der Waals surface area contributed by atoms with Crippen molar-refractivity contribution in [1.82, 2.24) is 15.2 Å². The molecule has 0 spiro atoms. The van der Waals surface area contributed by atoms with Crippen LogP contribution in [-0.4, -0.2) is 47.9 Å². The number of halogens is 3. The van der Waals surface area contributed by atoms with Gasteiger partial charge in [-0.15, -0.1) is 0 Å². The van der Waals surface area contributed by atoms with E-state index in [1.54, 1.807) is 43.1 Å². The van der Waals surface area contributed by atoms with Crippen molar-refractivity contribution in [2.75, 3.05) is 20.1 Å². The van der Waals surface area contributed by atoms with Gasteiger partial charge >= 0.3 is 0 Å². The minimum absolute atomic E-state index is 0.0550. The smallest absolute Gasteiger partial charge is 0.263 e. The lowest BCUT2D eigenvalue weighted by Gasteiger charge is -2.33. The number of rotatable bonds is 5. The van der Waals surface area contributed by atoms with Crippen LogP contribution in [0.25, 0.3) is 22.0 Å². The maximum atomic E-state index is 13.5. The molecule has 0 aliphatic carbocycles. The molecule has 2 heterocycles. The molecule has 6 nitrogen and oxygen atoms in total. The van der Waals surface area contributed by atoms with Crippen LogP contribution in [0.5, 0.6) is 5.75 Å². The molecule has 4 rings (SSSR count). The molecule has 1 aromatic heterocycles. The van der Waals surface area contributed by atoms with Gasteiger partial charge in [0.05, 0.1) is 16.5 Å². The van der Waals surface area contributed by atoms with Gasteiger partial charge in [-0.3, -0.25) is 9.59 Å². The highest BCUT2D eigenvalue weighted by Gasteiger charge is 2.30. The van der Waals surface area contributed by atoms with Crippen LogP contribution in [0.1, 0.15) is 19.8 Å². The fraction of sp³-hybridized carbons (Fsp3) is 0.320. The van der Waals surface area contributed by atoms with Gasteiger partial charge in [-0.1, -0.05) is 23.2 Å². The molecule has 2 atom stereocenters. The van der Waals surface area contributed by atoms with E-state index < -0.39 is 11.9 Å². The minimum atomic E-state index is -0.744. The van der Waals surface area contributed by atoms with E-state index >= 15 is 0 Å². The molecule has 0 bridgehead atoms. The molecular formula is C25H24Cl2FN3O3. The number of carbonyl (C=O) groups excluding carboxylic acids is 2. The number of pyridine rings is 1. The van der Waals surface area contributed by atoms with Gasteiger partial charge in [0.25, 0.3) is 5.91 Å². The Labute approximate surface area is 207 Å². The molecule has 1 saturated heterocycles. The largest absolute Gasteiger partial charge is 0.481 e. The number of aromatic nitrogens is 1. The van der Waals surface area contributed by atoms with Crippen LogP contribution in [0, 0.1) is 11.7 Å². The predicted octanol–water partition coefficient (Wildman–Crippen LogP) is 5.10. The van der Waals surface area contributed by atoms with Gasteiger partial charge in [0, 0.05) is 37.2 Å². The second-order valence-corrected chi connectivity index (χ2v) is 9.09. The first-order valence-corrected chi connectivity index (χ1v) is 11.7. The second kappa shape index (κ2) is 10.2. The molecule has 1 aliphatic rings. The molecule has 34 heavy (non-hydrogen) atoms. The average molecular weight is 504 g/mol. The first-order chi connectivity index (χ1) is 16.3. The zero-order valence-corrected chi connectivity index (χ0v) is 20.3. The van der Waals surface area contributed by atoms with E-state index in [9.17, 15) is 14.0 Å². The lowest BCUT2D eigenvalue weighted by molar-refractivity contribution is -0.141. The summed E-state index contributed by atoms with van der Waals surface area (Å²) < 4.78 is 19.5. The monoisotopic (exact) mass is 503 g/mol. The lowest BCUT2D eigenvalue weighted by atomic mass is 9.97. The zero-order valence-electron chi connectivity index (χ0n) is 18.8. The summed E-state index contributed by atoms with van der Waals surface area (Å²) in [7, 11) is 1.60. The Morgan fingerprint density at radius 3 is 2.71 bits per heavy atom. The highest BCUT2D eigenvalue weighted by molar-refractivity contribution is 6.34. The lowest BCUT2D eigenvalue weighted by Crippen LogP contribution is -2.48. The standard InChI is InChI=1S/C25H24Cl2FN3O3/c1-14(25(33)31-9-3-4-15(13-31)24(32)29-2)34-17-6-8-19-20(12-23(27)30-22(19)11-17)18-7-5-16(28)10-21(18)26/h5-8,10-12,14-15H,3-4,9,13H2,1-2H3,(H,29,32)/t14-,15?/m1/s1. The van der Waals surface area contributed by atoms with Gasteiger partial charge in [-0.05, 0) is 61.7 Å². The van der Waals surface area contributed by atoms with Crippen LogP contribution >= 0.6 is 23.2 Å². The van der Waals surface area contributed by atoms with Crippen molar-refractivity contribution in [1.29, 1.82) is 0 Å². The summed E-state index contributed by atoms with van der Waals surface area (Å²) in [4.78, 5) is 31.0. The van der Waals surface area contributed by atoms with E-state index in [0.717, 1.165) is 18.2 Å². The second-order valence-electron chi connectivity index (χ2n) is 8.29. The van der Waals surface area contributed by atoms with Crippen LogP contribution in [0.3, 0.4) is 0 Å². The van der Waals surface area contributed by atoms with Crippen LogP contribution in [0.15, 0.2) is 42.5 Å². The van der Waals surface area contributed by atoms with Crippen molar-refractivity contribution in [3.63, 3.8) is 0 Å². The molecule has 1 N–H and O–H groups in total. The molecule has 0 radical (unpaired) electrons. The van der Waals surface area contributed by atoms with E-state index in [-0.39, 0.29) is 27.9 Å². The van der Waals surface area contributed by atoms with Crippen LogP contribution in [0.2, 0.25) is 10.2 Å². The third-order valence-corrected chi connectivity index (χ3v) is 6.49. The summed E-state index contributed by atoms with van der Waals surface area (Å²) in [6.45, 7) is 2.66. The van der Waals surface area contributed by atoms with E-state index in [2.05, 4.69) is 10.3 Å². The Bertz CT molecular complexity index is 1250. The molecule has 9 heteroatoms. The summed E-state index contributed by atoms with van der Waals surface area (Å²) in [5, 5.41) is 3.92. The van der Waals surface area contributed by atoms with Crippen LogP contribution in [-0.2, 0) is 9.59 Å². The van der Waals surface area contributed by atoms with Gasteiger partial charge in [0.2, 0.25) is 5.91 Å². The number of likely N-dealkylation sites (tertiary alicyclic amines) is 1. The fourth-order valence-electron chi connectivity index (χ4n) is 4.29. The van der Waals surface area contributed by atoms with Gasteiger partial charge in [0.1, 0.15) is 16.7 Å². The summed E-state index contributed by atoms with van der Waals surface area (Å²) >= 11 is 12.5. The van der Waals surface area contributed by atoms with Crippen molar-refractivity contribution in [2.24, 2.45) is 5.92 Å². The van der Waals surface area contributed by atoms with E-state index in [1.165, 1.54) is 12.1 Å². The Kier molecular flexibility index (Phi) is 7.24. The molecule has 3 aromatic rings. The Morgan fingerprint density at radius 1 is 1.18 bits per heavy atom. The molecule has 1 unspecified atom stereocenters. The molecule has 178 valence electrons. The first-order valence-electron chi connectivity index (χ1n) is 11.0. The number of fused-ring (bicyclic) bond motifs is 1. The van der Waals surface area contributed by atoms with E-state index in [4.69, 9.17) is 27.9 Å². The highest BCUT2D eigenvalue weighted by atomic mass is 35.5. The first kappa shape index (κ1) is 24.2. The number of piperidine rings is 1. The number of carbonyl (C=O) groups is 2. The maximum Gasteiger partial charge on any atom is 0.263 e. The van der Waals surface area contributed by atoms with Crippen LogP contribution in [0.4, 0.5) is 4.39 Å². The zero-order chi connectivity index (χ0) is 24.4. The van der Waals surface area contributed by atoms with E-state index in [1.807, 2.05) is 6.07 Å². The number of hydrogen-bond donors (Lipinski definition) is 1. The molecule has 1 fully saturated rings. The number of nitrogens with one attached hydrogen (secondary N) is 1. The predicted molar refractivity (Wildman–Crippen MR) is 131 cm³/mol. The van der Waals surface area contributed by atoms with Gasteiger partial charge in [0.15, 0.2) is 6.10 Å². The van der Waals surface area contributed by atoms with Crippen LogP contribution < -0.4 is 10.1 Å². The van der Waals surface area contributed by atoms with Gasteiger partial charge in [-0.2, -0.15) is 0 Å². The topological polar surface area (TPSA) is 71.5 Å². The molecular weight excluding hydrogens is 480 g/mol. The summed E-state index contributed by atoms with van der Waals surface area (Å²) in [6, 6.07) is 11.1. The quantitative estimate of drug-likeness (QED) is 0.491. The van der Waals surface area contributed by atoms with Crippen molar-refractivity contribution in [3.05, 3.63) is 58.5 Å². The van der Waals surface area contributed by atoms with Crippen molar-refractivity contribution in [3.8, 4) is 16.9 Å². The number of amides is 2. The van der Waals surface area contributed by atoms with Gasteiger partial charge < -0.3 is 15.0 Å². The van der Waals surface area contributed by atoms with Crippen molar-refractivity contribution < 1.29 is 18.7 Å². The normalized spacial score (nSPS) is 16.9. The third-order valence-electron chi connectivity index (χ3n) is 5.98. The van der Waals surface area contributed by atoms with Crippen molar-refractivity contribution in [2.45, 2.75) is 25.9 Å². The fourth-order valence-corrected chi connectivity index (χ4v) is 4.76. The molecule has 2 aromatic carbocycles. The SMILES string of the molecule is CNC(=O)C1CCCN(C(=O)[C@@H](C)Oc2ccc3c(-c4ccc(F)cc4Cl)cc(Cl)nc3c2)C1. The van der Waals surface area contributed by atoms with Crippen molar-refractivity contribution >= 4 is 45.9 Å². The number of hydrogen-bond acceptors (Lipinski definition) is 4. The Hall–Kier alpha value is -2.90. The highest BCUT2D eigenvalue weighted by Crippen LogP contribution is 2.36. The molecule has 1 aliphatic heterocycles. The Balaban J connectivity index is 1.56. The van der Waals surface area contributed by atoms with Gasteiger partial charge in [-0.25, -0.2) is 9.37 Å². The number of nitrogens with zero attached hydrogens (tertiary/aromatic N) is 2. The number of ether oxygens (including phenoxy) is 1. The molecule has 2 amide bonds. The Morgan fingerprint density at radius 2 is 1.97 bits per heavy atom. The average Bonchev–Trinajstić information content (AvgIpc) is 2.82. The maximum absolute atomic E-state index is 13.5. The van der Waals surface area contributed by atoms with E-state index in [0.29, 0.717) is 35.5 Å². The summed E-state index contributed by atoms with van der Waals surface area (Å²) in [6.07, 6.45) is 0.783.